The summed E-state index contributed by atoms with van der Waals surface area (Å²) in [6.07, 6.45) is 3.61. The van der Waals surface area contributed by atoms with E-state index in [1.807, 2.05) is 0 Å². The third-order valence-corrected chi connectivity index (χ3v) is 5.80. The first-order chi connectivity index (χ1) is 9.95. The fourth-order valence-electron chi connectivity index (χ4n) is 2.90. The zero-order valence-corrected chi connectivity index (χ0v) is 13.0. The van der Waals surface area contributed by atoms with Gasteiger partial charge in [0, 0.05) is 19.1 Å². The van der Waals surface area contributed by atoms with Crippen molar-refractivity contribution in [3.05, 3.63) is 29.6 Å². The Bertz CT molecular complexity index is 629. The second-order valence-electron chi connectivity index (χ2n) is 6.14. The van der Waals surface area contributed by atoms with Crippen LogP contribution in [0.15, 0.2) is 23.1 Å². The van der Waals surface area contributed by atoms with Crippen LogP contribution < -0.4 is 4.72 Å². The molecule has 1 saturated carbocycles. The molecule has 1 aliphatic carbocycles. The van der Waals surface area contributed by atoms with Gasteiger partial charge in [0.1, 0.15) is 5.82 Å². The molecule has 6 heteroatoms. The highest BCUT2D eigenvalue weighted by Crippen LogP contribution is 2.31. The van der Waals surface area contributed by atoms with E-state index in [4.69, 9.17) is 0 Å². The molecule has 2 aliphatic rings. The molecule has 1 unspecified atom stereocenters. The summed E-state index contributed by atoms with van der Waals surface area (Å²) < 4.78 is 40.4. The van der Waals surface area contributed by atoms with Gasteiger partial charge in [0.15, 0.2) is 0 Å². The van der Waals surface area contributed by atoms with Gasteiger partial charge in [-0.1, -0.05) is 0 Å². The molecule has 0 bridgehead atoms. The summed E-state index contributed by atoms with van der Waals surface area (Å²) >= 11 is 0. The van der Waals surface area contributed by atoms with Crippen molar-refractivity contribution in [2.75, 3.05) is 19.6 Å². The molecule has 1 aliphatic heterocycles. The lowest BCUT2D eigenvalue weighted by Crippen LogP contribution is -2.31. The smallest absolute Gasteiger partial charge is 0.240 e. The highest BCUT2D eigenvalue weighted by atomic mass is 32.2. The van der Waals surface area contributed by atoms with E-state index in [9.17, 15) is 12.8 Å². The van der Waals surface area contributed by atoms with Gasteiger partial charge in [-0.2, -0.15) is 0 Å². The van der Waals surface area contributed by atoms with Gasteiger partial charge in [-0.3, -0.25) is 0 Å². The number of likely N-dealkylation sites (tertiary alicyclic amines) is 1. The Morgan fingerprint density at radius 1 is 1.33 bits per heavy atom. The number of rotatable bonds is 5. The summed E-state index contributed by atoms with van der Waals surface area (Å²) in [5.41, 5.74) is 0.346. The number of nitrogens with zero attached hydrogens (tertiary/aromatic N) is 1. The number of benzene rings is 1. The molecule has 1 atom stereocenters. The van der Waals surface area contributed by atoms with E-state index in [1.54, 1.807) is 6.92 Å². The van der Waals surface area contributed by atoms with Gasteiger partial charge >= 0.3 is 0 Å². The van der Waals surface area contributed by atoms with Gasteiger partial charge in [0.05, 0.1) is 4.90 Å². The van der Waals surface area contributed by atoms with Crippen molar-refractivity contribution in [2.45, 2.75) is 37.1 Å². The Hall–Kier alpha value is -0.980. The lowest BCUT2D eigenvalue weighted by atomic mass is 10.1. The number of hydrogen-bond acceptors (Lipinski definition) is 3. The Kier molecular flexibility index (Phi) is 4.03. The largest absolute Gasteiger partial charge is 0.300 e. The minimum atomic E-state index is -3.54. The predicted molar refractivity (Wildman–Crippen MR) is 79.0 cm³/mol. The van der Waals surface area contributed by atoms with Crippen LogP contribution in [0.1, 0.15) is 24.8 Å². The number of halogens is 1. The average Bonchev–Trinajstić information content (AvgIpc) is 3.19. The van der Waals surface area contributed by atoms with Crippen LogP contribution in [0.2, 0.25) is 0 Å². The molecule has 2 fully saturated rings. The van der Waals surface area contributed by atoms with Crippen molar-refractivity contribution in [2.24, 2.45) is 5.92 Å². The maximum atomic E-state index is 13.2. The fraction of sp³-hybridized carbons (Fsp3) is 0.600. The Labute approximate surface area is 125 Å². The van der Waals surface area contributed by atoms with Crippen molar-refractivity contribution in [1.29, 1.82) is 0 Å². The summed E-state index contributed by atoms with van der Waals surface area (Å²) in [7, 11) is -3.54. The zero-order chi connectivity index (χ0) is 15.0. The van der Waals surface area contributed by atoms with Crippen molar-refractivity contribution in [1.82, 2.24) is 9.62 Å². The standard InChI is InChI=1S/C15H21FN2O2S/c1-11-8-14(4-5-15(11)16)21(19,20)17-9-12-6-7-18(10-12)13-2-3-13/h4-5,8,12-13,17H,2-3,6-7,9-10H2,1H3. The lowest BCUT2D eigenvalue weighted by molar-refractivity contribution is 0.314. The summed E-state index contributed by atoms with van der Waals surface area (Å²) in [5, 5.41) is 0. The van der Waals surface area contributed by atoms with E-state index in [-0.39, 0.29) is 10.7 Å². The zero-order valence-electron chi connectivity index (χ0n) is 12.2. The van der Waals surface area contributed by atoms with Crippen molar-refractivity contribution in [3.8, 4) is 0 Å². The van der Waals surface area contributed by atoms with Crippen molar-refractivity contribution < 1.29 is 12.8 Å². The first kappa shape index (κ1) is 14.9. The van der Waals surface area contributed by atoms with Crippen LogP contribution in [0, 0.1) is 18.7 Å². The van der Waals surface area contributed by atoms with E-state index in [2.05, 4.69) is 9.62 Å². The molecule has 4 nitrogen and oxygen atoms in total. The summed E-state index contributed by atoms with van der Waals surface area (Å²) in [4.78, 5) is 2.60. The maximum Gasteiger partial charge on any atom is 0.240 e. The third-order valence-electron chi connectivity index (χ3n) is 4.38. The van der Waals surface area contributed by atoms with Gasteiger partial charge in [-0.05, 0) is 62.4 Å². The molecule has 0 amide bonds. The molecule has 1 aromatic carbocycles. The highest BCUT2D eigenvalue weighted by molar-refractivity contribution is 7.89. The first-order valence-corrected chi connectivity index (χ1v) is 8.94. The monoisotopic (exact) mass is 312 g/mol. The quantitative estimate of drug-likeness (QED) is 0.903. The SMILES string of the molecule is Cc1cc(S(=O)(=O)NCC2CCN(C3CC3)C2)ccc1F. The summed E-state index contributed by atoms with van der Waals surface area (Å²) in [6, 6.07) is 4.64. The number of nitrogens with one attached hydrogen (secondary N) is 1. The molecule has 0 aromatic heterocycles. The van der Waals surface area contributed by atoms with Crippen LogP contribution in [0.5, 0.6) is 0 Å². The van der Waals surface area contributed by atoms with Crippen LogP contribution in [-0.2, 0) is 10.0 Å². The van der Waals surface area contributed by atoms with Gasteiger partial charge in [0.25, 0.3) is 0 Å². The van der Waals surface area contributed by atoms with Crippen LogP contribution >= 0.6 is 0 Å². The molecule has 3 rings (SSSR count). The fourth-order valence-corrected chi connectivity index (χ4v) is 4.10. The van der Waals surface area contributed by atoms with Gasteiger partial charge in [0.2, 0.25) is 10.0 Å². The Morgan fingerprint density at radius 2 is 2.10 bits per heavy atom. The molecule has 1 aromatic rings. The third kappa shape index (κ3) is 3.44. The summed E-state index contributed by atoms with van der Waals surface area (Å²) in [6.45, 7) is 4.09. The second-order valence-corrected chi connectivity index (χ2v) is 7.91. The molecule has 1 heterocycles. The molecule has 1 saturated heterocycles. The van der Waals surface area contributed by atoms with Gasteiger partial charge in [-0.15, -0.1) is 0 Å². The molecular formula is C15H21FN2O2S. The Morgan fingerprint density at radius 3 is 2.76 bits per heavy atom. The molecule has 1 N–H and O–H groups in total. The molecule has 0 spiro atoms. The first-order valence-electron chi connectivity index (χ1n) is 7.45. The van der Waals surface area contributed by atoms with Gasteiger partial charge in [-0.25, -0.2) is 17.5 Å². The second kappa shape index (κ2) is 5.66. The molecule has 0 radical (unpaired) electrons. The molecular weight excluding hydrogens is 291 g/mol. The van der Waals surface area contributed by atoms with Crippen molar-refractivity contribution >= 4 is 10.0 Å². The molecule has 21 heavy (non-hydrogen) atoms. The van der Waals surface area contributed by atoms with E-state index >= 15 is 0 Å². The highest BCUT2D eigenvalue weighted by Gasteiger charge is 2.34. The normalized spacial score (nSPS) is 23.6. The van der Waals surface area contributed by atoms with Crippen LogP contribution in [0.4, 0.5) is 4.39 Å². The van der Waals surface area contributed by atoms with E-state index in [0.29, 0.717) is 18.0 Å². The lowest BCUT2D eigenvalue weighted by Gasteiger charge is -2.15. The van der Waals surface area contributed by atoms with Crippen LogP contribution in [-0.4, -0.2) is 39.0 Å². The minimum Gasteiger partial charge on any atom is -0.300 e. The average molecular weight is 312 g/mol. The topological polar surface area (TPSA) is 49.4 Å². The number of hydrogen-bond donors (Lipinski definition) is 1. The minimum absolute atomic E-state index is 0.137. The van der Waals surface area contributed by atoms with Crippen LogP contribution in [0.3, 0.4) is 0 Å². The van der Waals surface area contributed by atoms with E-state index < -0.39 is 10.0 Å². The van der Waals surface area contributed by atoms with E-state index in [1.165, 1.54) is 31.0 Å². The van der Waals surface area contributed by atoms with E-state index in [0.717, 1.165) is 25.6 Å². The van der Waals surface area contributed by atoms with Gasteiger partial charge < -0.3 is 4.90 Å². The number of sulfonamides is 1. The number of aryl methyl sites for hydroxylation is 1. The Balaban J connectivity index is 1.59. The van der Waals surface area contributed by atoms with Crippen LogP contribution in [0.25, 0.3) is 0 Å². The summed E-state index contributed by atoms with van der Waals surface area (Å²) in [5.74, 6) is -0.00765. The molecule has 116 valence electrons. The predicted octanol–water partition coefficient (Wildman–Crippen LogP) is 1.90. The maximum absolute atomic E-state index is 13.2. The van der Waals surface area contributed by atoms with Crippen molar-refractivity contribution in [3.63, 3.8) is 0 Å².